The number of hydrogen-bond acceptors (Lipinski definition) is 3. The van der Waals surface area contributed by atoms with Gasteiger partial charge in [-0.1, -0.05) is 23.7 Å². The number of aryl methyl sites for hydroxylation is 1. The lowest BCUT2D eigenvalue weighted by Crippen LogP contribution is -2.13. The summed E-state index contributed by atoms with van der Waals surface area (Å²) in [6.07, 6.45) is 0.895. The van der Waals surface area contributed by atoms with Crippen LogP contribution >= 0.6 is 11.6 Å². The van der Waals surface area contributed by atoms with E-state index in [0.717, 1.165) is 39.6 Å². The number of benzene rings is 2. The number of nitrogens with two attached hydrogens (primary N) is 1. The third-order valence-corrected chi connectivity index (χ3v) is 3.93. The van der Waals surface area contributed by atoms with Crippen molar-refractivity contribution in [1.29, 1.82) is 0 Å². The second-order valence-electron chi connectivity index (χ2n) is 5.24. The van der Waals surface area contributed by atoms with Crippen LogP contribution in [0.3, 0.4) is 0 Å². The third kappa shape index (κ3) is 2.99. The molecule has 110 valence electrons. The molecule has 1 aliphatic rings. The van der Waals surface area contributed by atoms with E-state index in [1.165, 1.54) is 0 Å². The fourth-order valence-corrected chi connectivity index (χ4v) is 2.77. The maximum Gasteiger partial charge on any atom is 0.161 e. The van der Waals surface area contributed by atoms with Crippen molar-refractivity contribution in [3.63, 3.8) is 0 Å². The molecule has 3 rings (SSSR count). The van der Waals surface area contributed by atoms with Crippen LogP contribution in [0.1, 0.15) is 29.2 Å². The van der Waals surface area contributed by atoms with Crippen molar-refractivity contribution in [2.45, 2.75) is 19.4 Å². The van der Waals surface area contributed by atoms with Crippen molar-refractivity contribution < 1.29 is 9.47 Å². The largest absolute Gasteiger partial charge is 0.490 e. The van der Waals surface area contributed by atoms with Crippen LogP contribution in [-0.2, 0) is 0 Å². The zero-order valence-electron chi connectivity index (χ0n) is 11.9. The Hall–Kier alpha value is -1.71. The standard InChI is InChI=1S/C17H18ClNO2/c1-11-9-13(18)4-5-14(11)17(19)12-3-6-15-16(10-12)21-8-2-7-20-15/h3-6,9-10,17H,2,7-8,19H2,1H3. The Morgan fingerprint density at radius 2 is 1.81 bits per heavy atom. The Morgan fingerprint density at radius 1 is 1.05 bits per heavy atom. The highest BCUT2D eigenvalue weighted by atomic mass is 35.5. The smallest absolute Gasteiger partial charge is 0.161 e. The molecule has 0 spiro atoms. The molecule has 0 saturated carbocycles. The quantitative estimate of drug-likeness (QED) is 0.916. The minimum atomic E-state index is -0.209. The van der Waals surface area contributed by atoms with Gasteiger partial charge in [0.25, 0.3) is 0 Å². The van der Waals surface area contributed by atoms with Crippen LogP contribution < -0.4 is 15.2 Å². The van der Waals surface area contributed by atoms with Gasteiger partial charge >= 0.3 is 0 Å². The van der Waals surface area contributed by atoms with Crippen molar-refractivity contribution in [3.8, 4) is 11.5 Å². The summed E-state index contributed by atoms with van der Waals surface area (Å²) in [5.41, 5.74) is 9.55. The van der Waals surface area contributed by atoms with Gasteiger partial charge in [-0.2, -0.15) is 0 Å². The monoisotopic (exact) mass is 303 g/mol. The van der Waals surface area contributed by atoms with E-state index in [1.807, 2.05) is 43.3 Å². The highest BCUT2D eigenvalue weighted by Crippen LogP contribution is 2.34. The summed E-state index contributed by atoms with van der Waals surface area (Å²) in [5.74, 6) is 1.56. The Kier molecular flexibility index (Phi) is 4.04. The molecule has 4 heteroatoms. The van der Waals surface area contributed by atoms with Gasteiger partial charge in [0, 0.05) is 11.4 Å². The van der Waals surface area contributed by atoms with E-state index < -0.39 is 0 Å². The summed E-state index contributed by atoms with van der Waals surface area (Å²) in [7, 11) is 0. The van der Waals surface area contributed by atoms with E-state index >= 15 is 0 Å². The highest BCUT2D eigenvalue weighted by molar-refractivity contribution is 6.30. The number of hydrogen-bond donors (Lipinski definition) is 1. The number of ether oxygens (including phenoxy) is 2. The number of halogens is 1. The normalized spacial score (nSPS) is 15.4. The highest BCUT2D eigenvalue weighted by Gasteiger charge is 2.16. The minimum Gasteiger partial charge on any atom is -0.490 e. The van der Waals surface area contributed by atoms with Crippen LogP contribution in [0.25, 0.3) is 0 Å². The van der Waals surface area contributed by atoms with Gasteiger partial charge in [-0.25, -0.2) is 0 Å². The molecular formula is C17H18ClNO2. The third-order valence-electron chi connectivity index (χ3n) is 3.70. The van der Waals surface area contributed by atoms with E-state index in [-0.39, 0.29) is 6.04 Å². The maximum atomic E-state index is 6.40. The molecule has 0 fully saturated rings. The first-order chi connectivity index (χ1) is 10.1. The molecule has 0 saturated heterocycles. The molecule has 1 atom stereocenters. The fourth-order valence-electron chi connectivity index (χ4n) is 2.54. The van der Waals surface area contributed by atoms with Crippen molar-refractivity contribution in [1.82, 2.24) is 0 Å². The van der Waals surface area contributed by atoms with E-state index in [1.54, 1.807) is 0 Å². The predicted molar refractivity (Wildman–Crippen MR) is 84.3 cm³/mol. The van der Waals surface area contributed by atoms with Gasteiger partial charge in [0.2, 0.25) is 0 Å². The zero-order valence-corrected chi connectivity index (χ0v) is 12.7. The van der Waals surface area contributed by atoms with Gasteiger partial charge in [-0.05, 0) is 47.9 Å². The van der Waals surface area contributed by atoms with E-state index in [4.69, 9.17) is 26.8 Å². The number of fused-ring (bicyclic) bond motifs is 1. The van der Waals surface area contributed by atoms with Crippen LogP contribution in [-0.4, -0.2) is 13.2 Å². The van der Waals surface area contributed by atoms with Crippen LogP contribution in [0, 0.1) is 6.92 Å². The molecule has 3 nitrogen and oxygen atoms in total. The predicted octanol–water partition coefficient (Wildman–Crippen LogP) is 3.86. The minimum absolute atomic E-state index is 0.209. The van der Waals surface area contributed by atoms with Gasteiger partial charge in [0.15, 0.2) is 11.5 Å². The summed E-state index contributed by atoms with van der Waals surface area (Å²) < 4.78 is 11.4. The average molecular weight is 304 g/mol. The first-order valence-corrected chi connectivity index (χ1v) is 7.44. The van der Waals surface area contributed by atoms with Gasteiger partial charge in [0.1, 0.15) is 0 Å². The zero-order chi connectivity index (χ0) is 14.8. The Balaban J connectivity index is 1.94. The average Bonchev–Trinajstić information content (AvgIpc) is 2.71. The molecule has 0 amide bonds. The Labute approximate surface area is 129 Å². The molecule has 0 bridgehead atoms. The maximum absolute atomic E-state index is 6.40. The fraction of sp³-hybridized carbons (Fsp3) is 0.294. The molecule has 1 heterocycles. The second-order valence-corrected chi connectivity index (χ2v) is 5.67. The Bertz CT molecular complexity index is 657. The molecule has 0 radical (unpaired) electrons. The summed E-state index contributed by atoms with van der Waals surface area (Å²) >= 11 is 6.00. The first-order valence-electron chi connectivity index (χ1n) is 7.06. The SMILES string of the molecule is Cc1cc(Cl)ccc1C(N)c1ccc2c(c1)OCCCO2. The molecule has 2 N–H and O–H groups in total. The molecule has 21 heavy (non-hydrogen) atoms. The van der Waals surface area contributed by atoms with Gasteiger partial charge in [0.05, 0.1) is 19.3 Å². The summed E-state index contributed by atoms with van der Waals surface area (Å²) in [6, 6.07) is 11.5. The molecule has 0 aromatic heterocycles. The molecular weight excluding hydrogens is 286 g/mol. The lowest BCUT2D eigenvalue weighted by Gasteiger charge is -2.17. The van der Waals surface area contributed by atoms with Gasteiger partial charge in [-0.3, -0.25) is 0 Å². The topological polar surface area (TPSA) is 44.5 Å². The molecule has 1 unspecified atom stereocenters. The van der Waals surface area contributed by atoms with Crippen molar-refractivity contribution >= 4 is 11.6 Å². The first kappa shape index (κ1) is 14.2. The van der Waals surface area contributed by atoms with Crippen LogP contribution in [0.2, 0.25) is 5.02 Å². The van der Waals surface area contributed by atoms with Crippen molar-refractivity contribution in [2.24, 2.45) is 5.73 Å². The van der Waals surface area contributed by atoms with E-state index in [0.29, 0.717) is 13.2 Å². The molecule has 2 aromatic rings. The van der Waals surface area contributed by atoms with E-state index in [9.17, 15) is 0 Å². The van der Waals surface area contributed by atoms with Crippen LogP contribution in [0.4, 0.5) is 0 Å². The summed E-state index contributed by atoms with van der Waals surface area (Å²) in [5, 5.41) is 0.724. The van der Waals surface area contributed by atoms with Gasteiger partial charge in [-0.15, -0.1) is 0 Å². The van der Waals surface area contributed by atoms with Crippen LogP contribution in [0.5, 0.6) is 11.5 Å². The van der Waals surface area contributed by atoms with E-state index in [2.05, 4.69) is 0 Å². The molecule has 1 aliphatic heterocycles. The van der Waals surface area contributed by atoms with Crippen molar-refractivity contribution in [2.75, 3.05) is 13.2 Å². The van der Waals surface area contributed by atoms with Crippen molar-refractivity contribution in [3.05, 3.63) is 58.1 Å². The summed E-state index contributed by atoms with van der Waals surface area (Å²) in [4.78, 5) is 0. The number of rotatable bonds is 2. The van der Waals surface area contributed by atoms with Gasteiger partial charge < -0.3 is 15.2 Å². The summed E-state index contributed by atoms with van der Waals surface area (Å²) in [6.45, 7) is 3.38. The second kappa shape index (κ2) is 5.96. The molecule has 2 aromatic carbocycles. The lowest BCUT2D eigenvalue weighted by molar-refractivity contribution is 0.297. The lowest BCUT2D eigenvalue weighted by atomic mass is 9.95. The Morgan fingerprint density at radius 3 is 2.57 bits per heavy atom. The van der Waals surface area contributed by atoms with Crippen LogP contribution in [0.15, 0.2) is 36.4 Å². The molecule has 0 aliphatic carbocycles.